The van der Waals surface area contributed by atoms with Gasteiger partial charge in [0.15, 0.2) is 0 Å². The van der Waals surface area contributed by atoms with Crippen molar-refractivity contribution in [2.75, 3.05) is 7.05 Å². The highest BCUT2D eigenvalue weighted by Gasteiger charge is 2.07. The number of aromatic nitrogens is 1. The van der Waals surface area contributed by atoms with Crippen molar-refractivity contribution in [3.63, 3.8) is 0 Å². The average molecular weight is 282 g/mol. The summed E-state index contributed by atoms with van der Waals surface area (Å²) in [6.07, 6.45) is 1.68. The predicted octanol–water partition coefficient (Wildman–Crippen LogP) is 3.89. The van der Waals surface area contributed by atoms with Crippen molar-refractivity contribution < 1.29 is 9.13 Å². The Hall–Kier alpha value is -2.46. The number of ether oxygens (including phenoxy) is 1. The first-order valence-electron chi connectivity index (χ1n) is 6.72. The third kappa shape index (κ3) is 3.01. The molecule has 21 heavy (non-hydrogen) atoms. The Balaban J connectivity index is 1.94. The van der Waals surface area contributed by atoms with Gasteiger partial charge >= 0.3 is 0 Å². The zero-order chi connectivity index (χ0) is 14.7. The summed E-state index contributed by atoms with van der Waals surface area (Å²) in [6, 6.07) is 14.3. The second kappa shape index (κ2) is 5.89. The summed E-state index contributed by atoms with van der Waals surface area (Å²) in [7, 11) is 1.81. The Kier molecular flexibility index (Phi) is 3.79. The molecule has 0 bridgehead atoms. The van der Waals surface area contributed by atoms with Gasteiger partial charge in [0, 0.05) is 17.5 Å². The first-order valence-corrected chi connectivity index (χ1v) is 6.72. The molecule has 0 amide bonds. The molecular formula is C17H15FN2O. The van der Waals surface area contributed by atoms with E-state index in [1.54, 1.807) is 12.3 Å². The van der Waals surface area contributed by atoms with Crippen molar-refractivity contribution in [2.24, 2.45) is 0 Å². The monoisotopic (exact) mass is 282 g/mol. The van der Waals surface area contributed by atoms with E-state index in [-0.39, 0.29) is 5.82 Å². The number of fused-ring (bicyclic) bond motifs is 1. The van der Waals surface area contributed by atoms with Gasteiger partial charge in [-0.3, -0.25) is 4.98 Å². The van der Waals surface area contributed by atoms with Gasteiger partial charge < -0.3 is 10.1 Å². The van der Waals surface area contributed by atoms with E-state index in [2.05, 4.69) is 10.3 Å². The molecule has 0 atom stereocenters. The summed E-state index contributed by atoms with van der Waals surface area (Å²) in [4.78, 5) is 4.36. The van der Waals surface area contributed by atoms with Gasteiger partial charge in [-0.2, -0.15) is 0 Å². The number of nitrogens with zero attached hydrogens (tertiary/aromatic N) is 1. The molecule has 3 nitrogen and oxygen atoms in total. The van der Waals surface area contributed by atoms with E-state index in [0.717, 1.165) is 16.5 Å². The van der Waals surface area contributed by atoms with Crippen LogP contribution in [-0.4, -0.2) is 12.0 Å². The zero-order valence-corrected chi connectivity index (χ0v) is 11.6. The van der Waals surface area contributed by atoms with Crippen LogP contribution in [0.4, 0.5) is 4.39 Å². The maximum Gasteiger partial charge on any atom is 0.146 e. The standard InChI is InChI=1S/C17H15FN2O/c1-19-10-13-8-14(18)6-7-17(13)21-15-9-12-4-2-3-5-16(12)20-11-15/h2-9,11,19H,10H2,1H3. The number of para-hydroxylation sites is 1. The smallest absolute Gasteiger partial charge is 0.146 e. The molecule has 0 saturated carbocycles. The molecule has 0 fully saturated rings. The van der Waals surface area contributed by atoms with Gasteiger partial charge in [0.1, 0.15) is 17.3 Å². The molecule has 0 radical (unpaired) electrons. The topological polar surface area (TPSA) is 34.1 Å². The van der Waals surface area contributed by atoms with Gasteiger partial charge in [0.25, 0.3) is 0 Å². The summed E-state index contributed by atoms with van der Waals surface area (Å²) < 4.78 is 19.2. The highest BCUT2D eigenvalue weighted by atomic mass is 19.1. The second-order valence-corrected chi connectivity index (χ2v) is 4.75. The van der Waals surface area contributed by atoms with Gasteiger partial charge in [-0.15, -0.1) is 0 Å². The number of nitrogens with one attached hydrogen (secondary N) is 1. The number of rotatable bonds is 4. The molecule has 1 N–H and O–H groups in total. The van der Waals surface area contributed by atoms with Crippen molar-refractivity contribution in [3.05, 3.63) is 66.1 Å². The van der Waals surface area contributed by atoms with Gasteiger partial charge in [-0.05, 0) is 37.4 Å². The summed E-state index contributed by atoms with van der Waals surface area (Å²) in [6.45, 7) is 0.536. The zero-order valence-electron chi connectivity index (χ0n) is 11.6. The lowest BCUT2D eigenvalue weighted by atomic mass is 10.2. The van der Waals surface area contributed by atoms with Crippen LogP contribution < -0.4 is 10.1 Å². The molecule has 2 aromatic carbocycles. The van der Waals surface area contributed by atoms with Crippen LogP contribution in [0.5, 0.6) is 11.5 Å². The van der Waals surface area contributed by atoms with Gasteiger partial charge in [0.2, 0.25) is 0 Å². The number of hydrogen-bond donors (Lipinski definition) is 1. The summed E-state index contributed by atoms with van der Waals surface area (Å²) in [5, 5.41) is 4.01. The lowest BCUT2D eigenvalue weighted by molar-refractivity contribution is 0.470. The Morgan fingerprint density at radius 2 is 2.00 bits per heavy atom. The predicted molar refractivity (Wildman–Crippen MR) is 81.0 cm³/mol. The number of hydrogen-bond acceptors (Lipinski definition) is 3. The molecule has 0 aliphatic carbocycles. The number of pyridine rings is 1. The fourth-order valence-electron chi connectivity index (χ4n) is 2.21. The first-order chi connectivity index (χ1) is 10.3. The van der Waals surface area contributed by atoms with Crippen LogP contribution in [0.25, 0.3) is 10.9 Å². The van der Waals surface area contributed by atoms with E-state index in [4.69, 9.17) is 4.74 Å². The summed E-state index contributed by atoms with van der Waals surface area (Å²) in [5.74, 6) is 0.990. The summed E-state index contributed by atoms with van der Waals surface area (Å²) in [5.41, 5.74) is 1.69. The Morgan fingerprint density at radius 1 is 1.14 bits per heavy atom. The van der Waals surface area contributed by atoms with Gasteiger partial charge in [-0.1, -0.05) is 18.2 Å². The first kappa shape index (κ1) is 13.5. The van der Waals surface area contributed by atoms with E-state index in [9.17, 15) is 4.39 Å². The lowest BCUT2D eigenvalue weighted by Gasteiger charge is -2.11. The molecule has 1 heterocycles. The van der Waals surface area contributed by atoms with Crippen LogP contribution in [-0.2, 0) is 6.54 Å². The molecule has 1 aromatic heterocycles. The third-order valence-electron chi connectivity index (χ3n) is 3.18. The van der Waals surface area contributed by atoms with Crippen LogP contribution in [0.1, 0.15) is 5.56 Å². The average Bonchev–Trinajstić information content (AvgIpc) is 2.50. The molecule has 0 spiro atoms. The molecule has 0 aliphatic rings. The fourth-order valence-corrected chi connectivity index (χ4v) is 2.21. The van der Waals surface area contributed by atoms with Crippen LogP contribution in [0.3, 0.4) is 0 Å². The molecule has 0 unspecified atom stereocenters. The highest BCUT2D eigenvalue weighted by molar-refractivity contribution is 5.79. The van der Waals surface area contributed by atoms with Gasteiger partial charge in [-0.25, -0.2) is 4.39 Å². The minimum absolute atomic E-state index is 0.274. The van der Waals surface area contributed by atoms with Crippen molar-refractivity contribution in [1.82, 2.24) is 10.3 Å². The van der Waals surface area contributed by atoms with Crippen molar-refractivity contribution in [2.45, 2.75) is 6.54 Å². The van der Waals surface area contributed by atoms with Gasteiger partial charge in [0.05, 0.1) is 11.7 Å². The maximum atomic E-state index is 13.3. The molecule has 0 saturated heterocycles. The Bertz CT molecular complexity index is 774. The highest BCUT2D eigenvalue weighted by Crippen LogP contribution is 2.27. The van der Waals surface area contributed by atoms with E-state index in [1.807, 2.05) is 37.4 Å². The largest absolute Gasteiger partial charge is 0.455 e. The molecular weight excluding hydrogens is 267 g/mol. The van der Waals surface area contributed by atoms with E-state index >= 15 is 0 Å². The van der Waals surface area contributed by atoms with Crippen LogP contribution in [0.15, 0.2) is 54.7 Å². The lowest BCUT2D eigenvalue weighted by Crippen LogP contribution is -2.06. The molecule has 3 aromatic rings. The Labute approximate surface area is 122 Å². The fraction of sp³-hybridized carbons (Fsp3) is 0.118. The minimum Gasteiger partial charge on any atom is -0.455 e. The minimum atomic E-state index is -0.274. The third-order valence-corrected chi connectivity index (χ3v) is 3.18. The number of benzene rings is 2. The normalized spacial score (nSPS) is 10.8. The van der Waals surface area contributed by atoms with E-state index in [1.165, 1.54) is 12.1 Å². The van der Waals surface area contributed by atoms with Crippen molar-refractivity contribution >= 4 is 10.9 Å². The van der Waals surface area contributed by atoms with E-state index in [0.29, 0.717) is 18.0 Å². The van der Waals surface area contributed by atoms with E-state index < -0.39 is 0 Å². The molecule has 0 aliphatic heterocycles. The molecule has 3 rings (SSSR count). The summed E-state index contributed by atoms with van der Waals surface area (Å²) >= 11 is 0. The second-order valence-electron chi connectivity index (χ2n) is 4.75. The quantitative estimate of drug-likeness (QED) is 0.788. The van der Waals surface area contributed by atoms with Crippen LogP contribution in [0, 0.1) is 5.82 Å². The maximum absolute atomic E-state index is 13.3. The number of halogens is 1. The molecule has 4 heteroatoms. The Morgan fingerprint density at radius 3 is 2.86 bits per heavy atom. The van der Waals surface area contributed by atoms with Crippen LogP contribution >= 0.6 is 0 Å². The van der Waals surface area contributed by atoms with Crippen LogP contribution in [0.2, 0.25) is 0 Å². The molecule has 106 valence electrons. The SMILES string of the molecule is CNCc1cc(F)ccc1Oc1cnc2ccccc2c1. The van der Waals surface area contributed by atoms with Crippen molar-refractivity contribution in [1.29, 1.82) is 0 Å². The van der Waals surface area contributed by atoms with Crippen molar-refractivity contribution in [3.8, 4) is 11.5 Å².